The van der Waals surface area contributed by atoms with Gasteiger partial charge in [0.2, 0.25) is 10.0 Å². The van der Waals surface area contributed by atoms with Crippen LogP contribution >= 0.6 is 0 Å². The molecule has 0 amide bonds. The van der Waals surface area contributed by atoms with Crippen molar-refractivity contribution in [3.05, 3.63) is 23.3 Å². The average molecular weight is 272 g/mol. The molecule has 6 heteroatoms. The van der Waals surface area contributed by atoms with Crippen LogP contribution in [0.15, 0.2) is 17.0 Å². The van der Waals surface area contributed by atoms with Crippen LogP contribution in [0.1, 0.15) is 25.0 Å². The number of anilines is 1. The highest BCUT2D eigenvalue weighted by atomic mass is 32.2. The first-order chi connectivity index (χ1) is 8.10. The van der Waals surface area contributed by atoms with Gasteiger partial charge < -0.3 is 10.8 Å². The van der Waals surface area contributed by atoms with E-state index in [4.69, 9.17) is 10.8 Å². The van der Waals surface area contributed by atoms with Gasteiger partial charge >= 0.3 is 0 Å². The fourth-order valence-electron chi connectivity index (χ4n) is 1.61. The predicted octanol–water partition coefficient (Wildman–Crippen LogP) is 0.935. The second-order valence-electron chi connectivity index (χ2n) is 5.07. The average Bonchev–Trinajstić information content (AvgIpc) is 2.22. The fraction of sp³-hybridized carbons (Fsp3) is 0.500. The van der Waals surface area contributed by atoms with Gasteiger partial charge in [-0.2, -0.15) is 0 Å². The van der Waals surface area contributed by atoms with Crippen LogP contribution in [0.2, 0.25) is 0 Å². The van der Waals surface area contributed by atoms with E-state index in [1.807, 2.05) is 6.92 Å². The van der Waals surface area contributed by atoms with Gasteiger partial charge in [0, 0.05) is 0 Å². The van der Waals surface area contributed by atoms with Crippen molar-refractivity contribution in [1.29, 1.82) is 0 Å². The Balaban J connectivity index is 3.34. The Morgan fingerprint density at radius 3 is 2.39 bits per heavy atom. The molecule has 0 atom stereocenters. The second kappa shape index (κ2) is 4.87. The fourth-order valence-corrected chi connectivity index (χ4v) is 3.45. The normalized spacial score (nSPS) is 12.7. The molecule has 0 radical (unpaired) electrons. The number of aliphatic hydroxyl groups is 1. The van der Waals surface area contributed by atoms with Crippen molar-refractivity contribution >= 4 is 15.7 Å². The maximum Gasteiger partial charge on any atom is 0.243 e. The van der Waals surface area contributed by atoms with E-state index in [1.165, 1.54) is 0 Å². The van der Waals surface area contributed by atoms with Crippen LogP contribution in [0.4, 0.5) is 5.69 Å². The molecule has 1 aromatic carbocycles. The largest absolute Gasteiger partial charge is 0.398 e. The summed E-state index contributed by atoms with van der Waals surface area (Å²) in [7, 11) is -3.75. The Bertz CT molecular complexity index is 551. The van der Waals surface area contributed by atoms with Crippen molar-refractivity contribution in [3.63, 3.8) is 0 Å². The highest BCUT2D eigenvalue weighted by molar-refractivity contribution is 7.89. The van der Waals surface area contributed by atoms with Gasteiger partial charge in [0.1, 0.15) is 4.90 Å². The molecule has 0 heterocycles. The van der Waals surface area contributed by atoms with E-state index in [9.17, 15) is 8.42 Å². The van der Waals surface area contributed by atoms with Crippen LogP contribution in [0.3, 0.4) is 0 Å². The van der Waals surface area contributed by atoms with Crippen LogP contribution < -0.4 is 10.5 Å². The molecule has 1 aromatic rings. The molecule has 0 spiro atoms. The van der Waals surface area contributed by atoms with Crippen LogP contribution in [0, 0.1) is 13.8 Å². The minimum absolute atomic E-state index is 0.0871. The molecule has 0 bridgehead atoms. The second-order valence-corrected chi connectivity index (χ2v) is 6.69. The Kier molecular flexibility index (Phi) is 4.05. The zero-order valence-electron chi connectivity index (χ0n) is 11.1. The number of nitrogens with two attached hydrogens (primary N) is 1. The van der Waals surface area contributed by atoms with Gasteiger partial charge in [-0.05, 0) is 44.9 Å². The molecular formula is C12H20N2O3S. The molecule has 0 aliphatic rings. The summed E-state index contributed by atoms with van der Waals surface area (Å²) in [5.41, 5.74) is 6.51. The molecule has 0 aromatic heterocycles. The third-order valence-electron chi connectivity index (χ3n) is 2.78. The highest BCUT2D eigenvalue weighted by Gasteiger charge is 2.28. The lowest BCUT2D eigenvalue weighted by atomic mass is 10.1. The third kappa shape index (κ3) is 3.01. The lowest BCUT2D eigenvalue weighted by Crippen LogP contribution is -2.46. The Morgan fingerprint density at radius 1 is 1.33 bits per heavy atom. The number of rotatable bonds is 4. The summed E-state index contributed by atoms with van der Waals surface area (Å²) in [5.74, 6) is 0. The number of hydrogen-bond acceptors (Lipinski definition) is 4. The minimum atomic E-state index is -3.75. The molecular weight excluding hydrogens is 252 g/mol. The molecule has 4 N–H and O–H groups in total. The van der Waals surface area contributed by atoms with Crippen molar-refractivity contribution in [2.24, 2.45) is 0 Å². The summed E-state index contributed by atoms with van der Waals surface area (Å²) in [6, 6.07) is 3.35. The standard InChI is InChI=1S/C12H20N2O3S/c1-8-5-6-10(13)11(9(8)2)18(16,17)14-12(3,4)7-15/h5-6,14-15H,7,13H2,1-4H3. The van der Waals surface area contributed by atoms with Gasteiger partial charge in [-0.3, -0.25) is 0 Å². The van der Waals surface area contributed by atoms with Crippen LogP contribution in [0.5, 0.6) is 0 Å². The summed E-state index contributed by atoms with van der Waals surface area (Å²) in [6.45, 7) is 6.45. The van der Waals surface area contributed by atoms with E-state index < -0.39 is 15.6 Å². The minimum Gasteiger partial charge on any atom is -0.398 e. The summed E-state index contributed by atoms with van der Waals surface area (Å²) >= 11 is 0. The lowest BCUT2D eigenvalue weighted by Gasteiger charge is -2.24. The molecule has 0 saturated heterocycles. The first kappa shape index (κ1) is 14.9. The van der Waals surface area contributed by atoms with Gasteiger partial charge in [-0.15, -0.1) is 0 Å². The van der Waals surface area contributed by atoms with Gasteiger partial charge in [-0.1, -0.05) is 6.07 Å². The van der Waals surface area contributed by atoms with Gasteiger partial charge in [0.15, 0.2) is 0 Å². The summed E-state index contributed by atoms with van der Waals surface area (Å²) in [4.78, 5) is 0.0871. The SMILES string of the molecule is Cc1ccc(N)c(S(=O)(=O)NC(C)(C)CO)c1C. The van der Waals surface area contributed by atoms with Crippen LogP contribution in [-0.2, 0) is 10.0 Å². The van der Waals surface area contributed by atoms with Crippen molar-refractivity contribution in [3.8, 4) is 0 Å². The number of hydrogen-bond donors (Lipinski definition) is 3. The van der Waals surface area contributed by atoms with E-state index >= 15 is 0 Å². The maximum absolute atomic E-state index is 12.3. The Hall–Kier alpha value is -1.11. The van der Waals surface area contributed by atoms with E-state index in [1.54, 1.807) is 32.9 Å². The molecule has 0 unspecified atom stereocenters. The summed E-state index contributed by atoms with van der Waals surface area (Å²) in [5, 5.41) is 9.14. The monoisotopic (exact) mass is 272 g/mol. The summed E-state index contributed by atoms with van der Waals surface area (Å²) < 4.78 is 27.0. The molecule has 0 saturated carbocycles. The van der Waals surface area contributed by atoms with Crippen LogP contribution in [0.25, 0.3) is 0 Å². The maximum atomic E-state index is 12.3. The number of aliphatic hydroxyl groups excluding tert-OH is 1. The van der Waals surface area contributed by atoms with E-state index in [2.05, 4.69) is 4.72 Å². The smallest absolute Gasteiger partial charge is 0.243 e. The van der Waals surface area contributed by atoms with Crippen molar-refractivity contribution in [2.75, 3.05) is 12.3 Å². The first-order valence-electron chi connectivity index (χ1n) is 5.61. The number of aryl methyl sites for hydroxylation is 1. The number of benzene rings is 1. The van der Waals surface area contributed by atoms with E-state index in [0.717, 1.165) is 5.56 Å². The highest BCUT2D eigenvalue weighted by Crippen LogP contribution is 2.26. The molecule has 0 aliphatic carbocycles. The topological polar surface area (TPSA) is 92.4 Å². The number of nitrogen functional groups attached to an aromatic ring is 1. The molecule has 18 heavy (non-hydrogen) atoms. The van der Waals surface area contributed by atoms with Crippen LogP contribution in [-0.4, -0.2) is 25.7 Å². The van der Waals surface area contributed by atoms with Crippen molar-refractivity contribution < 1.29 is 13.5 Å². The van der Waals surface area contributed by atoms with Gasteiger partial charge in [-0.25, -0.2) is 13.1 Å². The Morgan fingerprint density at radius 2 is 1.89 bits per heavy atom. The quantitative estimate of drug-likeness (QED) is 0.711. The predicted molar refractivity (Wildman–Crippen MR) is 71.8 cm³/mol. The Labute approximate surface area is 108 Å². The molecule has 5 nitrogen and oxygen atoms in total. The van der Waals surface area contributed by atoms with Gasteiger partial charge in [0.25, 0.3) is 0 Å². The molecule has 0 fully saturated rings. The zero-order valence-corrected chi connectivity index (χ0v) is 11.9. The number of sulfonamides is 1. The van der Waals surface area contributed by atoms with Gasteiger partial charge in [0.05, 0.1) is 17.8 Å². The summed E-state index contributed by atoms with van der Waals surface area (Å²) in [6.07, 6.45) is 0. The van der Waals surface area contributed by atoms with Crippen molar-refractivity contribution in [1.82, 2.24) is 4.72 Å². The molecule has 1 rings (SSSR count). The zero-order chi connectivity index (χ0) is 14.1. The third-order valence-corrected chi connectivity index (χ3v) is 4.68. The molecule has 0 aliphatic heterocycles. The number of nitrogens with one attached hydrogen (secondary N) is 1. The molecule has 102 valence electrons. The van der Waals surface area contributed by atoms with E-state index in [-0.39, 0.29) is 17.2 Å². The lowest BCUT2D eigenvalue weighted by molar-refractivity contribution is 0.208. The van der Waals surface area contributed by atoms with Crippen molar-refractivity contribution in [2.45, 2.75) is 38.1 Å². The van der Waals surface area contributed by atoms with E-state index in [0.29, 0.717) is 5.56 Å². The first-order valence-corrected chi connectivity index (χ1v) is 7.09.